The number of benzene rings is 2. The van der Waals surface area contributed by atoms with Gasteiger partial charge in [-0.05, 0) is 42.8 Å². The summed E-state index contributed by atoms with van der Waals surface area (Å²) in [7, 11) is 3.09. The molecule has 0 saturated heterocycles. The quantitative estimate of drug-likeness (QED) is 0.746. The molecule has 0 spiro atoms. The molecule has 1 unspecified atom stereocenters. The molecule has 6 nitrogen and oxygen atoms in total. The highest BCUT2D eigenvalue weighted by atomic mass is 79.9. The van der Waals surface area contributed by atoms with Crippen molar-refractivity contribution in [1.82, 2.24) is 5.32 Å². The maximum absolute atomic E-state index is 12.1. The van der Waals surface area contributed by atoms with Crippen LogP contribution in [-0.4, -0.2) is 26.0 Å². The van der Waals surface area contributed by atoms with Crippen molar-refractivity contribution in [3.05, 3.63) is 52.5 Å². The van der Waals surface area contributed by atoms with E-state index in [-0.39, 0.29) is 6.04 Å². The number of anilines is 1. The Kier molecular flexibility index (Phi) is 6.41. The van der Waals surface area contributed by atoms with E-state index in [1.54, 1.807) is 50.4 Å². The number of rotatable bonds is 5. The second kappa shape index (κ2) is 8.53. The zero-order chi connectivity index (χ0) is 18.4. The van der Waals surface area contributed by atoms with Crippen molar-refractivity contribution in [3.63, 3.8) is 0 Å². The number of nitrogens with one attached hydrogen (secondary N) is 2. The van der Waals surface area contributed by atoms with Gasteiger partial charge >= 0.3 is 11.8 Å². The molecule has 0 fully saturated rings. The summed E-state index contributed by atoms with van der Waals surface area (Å²) in [5.74, 6) is -0.301. The van der Waals surface area contributed by atoms with E-state index >= 15 is 0 Å². The Hall–Kier alpha value is -2.54. The van der Waals surface area contributed by atoms with Gasteiger partial charge in [-0.1, -0.05) is 28.1 Å². The Morgan fingerprint density at radius 3 is 2.36 bits per heavy atom. The first-order chi connectivity index (χ1) is 11.9. The number of halogens is 1. The van der Waals surface area contributed by atoms with E-state index in [9.17, 15) is 9.59 Å². The topological polar surface area (TPSA) is 76.7 Å². The summed E-state index contributed by atoms with van der Waals surface area (Å²) in [6.07, 6.45) is 0. The molecular weight excluding hydrogens is 388 g/mol. The molecule has 0 aliphatic rings. The highest BCUT2D eigenvalue weighted by Gasteiger charge is 2.18. The van der Waals surface area contributed by atoms with Crippen LogP contribution in [0, 0.1) is 0 Å². The third kappa shape index (κ3) is 4.96. The highest BCUT2D eigenvalue weighted by molar-refractivity contribution is 9.10. The Morgan fingerprint density at radius 1 is 1.00 bits per heavy atom. The molecule has 0 saturated carbocycles. The van der Waals surface area contributed by atoms with Gasteiger partial charge in [0.2, 0.25) is 0 Å². The summed E-state index contributed by atoms with van der Waals surface area (Å²) >= 11 is 3.31. The molecule has 2 aromatic carbocycles. The summed E-state index contributed by atoms with van der Waals surface area (Å²) in [4.78, 5) is 24.1. The number of amides is 2. The molecule has 132 valence electrons. The molecule has 2 aromatic rings. The SMILES string of the molecule is COc1ccc(C(C)NC(=O)C(=O)Nc2cccc(Br)c2)cc1OC. The Labute approximate surface area is 154 Å². The van der Waals surface area contributed by atoms with Gasteiger partial charge in [0.25, 0.3) is 0 Å². The second-order valence-corrected chi connectivity index (χ2v) is 6.19. The Morgan fingerprint density at radius 2 is 1.72 bits per heavy atom. The molecular formula is C18H19BrN2O4. The smallest absolute Gasteiger partial charge is 0.313 e. The number of carbonyl (C=O) groups excluding carboxylic acids is 2. The van der Waals surface area contributed by atoms with E-state index < -0.39 is 11.8 Å². The third-order valence-electron chi connectivity index (χ3n) is 3.54. The highest BCUT2D eigenvalue weighted by Crippen LogP contribution is 2.29. The van der Waals surface area contributed by atoms with E-state index in [1.165, 1.54) is 7.11 Å². The number of methoxy groups -OCH3 is 2. The van der Waals surface area contributed by atoms with Crippen molar-refractivity contribution in [2.24, 2.45) is 0 Å². The van der Waals surface area contributed by atoms with Crippen LogP contribution in [0.4, 0.5) is 5.69 Å². The fourth-order valence-corrected chi connectivity index (χ4v) is 2.62. The van der Waals surface area contributed by atoms with Crippen molar-refractivity contribution < 1.29 is 19.1 Å². The molecule has 7 heteroatoms. The Bertz CT molecular complexity index is 779. The van der Waals surface area contributed by atoms with Crippen molar-refractivity contribution in [2.75, 3.05) is 19.5 Å². The minimum Gasteiger partial charge on any atom is -0.493 e. The van der Waals surface area contributed by atoms with Gasteiger partial charge < -0.3 is 20.1 Å². The largest absolute Gasteiger partial charge is 0.493 e. The maximum Gasteiger partial charge on any atom is 0.313 e. The predicted octanol–water partition coefficient (Wildman–Crippen LogP) is 3.28. The van der Waals surface area contributed by atoms with Gasteiger partial charge in [-0.2, -0.15) is 0 Å². The molecule has 2 rings (SSSR count). The molecule has 0 aromatic heterocycles. The molecule has 25 heavy (non-hydrogen) atoms. The Balaban J connectivity index is 2.03. The lowest BCUT2D eigenvalue weighted by Crippen LogP contribution is -2.36. The number of hydrogen-bond donors (Lipinski definition) is 2. The van der Waals surface area contributed by atoms with Crippen molar-refractivity contribution in [3.8, 4) is 11.5 Å². The van der Waals surface area contributed by atoms with E-state index in [2.05, 4.69) is 26.6 Å². The molecule has 2 amide bonds. The number of ether oxygens (including phenoxy) is 2. The van der Waals surface area contributed by atoms with Crippen molar-refractivity contribution in [2.45, 2.75) is 13.0 Å². The van der Waals surface area contributed by atoms with Crippen LogP contribution in [0.25, 0.3) is 0 Å². The molecule has 0 heterocycles. The second-order valence-electron chi connectivity index (χ2n) is 5.27. The lowest BCUT2D eigenvalue weighted by molar-refractivity contribution is -0.136. The first kappa shape index (κ1) is 18.8. The van der Waals surface area contributed by atoms with Gasteiger partial charge in [-0.25, -0.2) is 0 Å². The predicted molar refractivity (Wildman–Crippen MR) is 98.9 cm³/mol. The van der Waals surface area contributed by atoms with Crippen LogP contribution in [0.3, 0.4) is 0 Å². The average Bonchev–Trinajstić information content (AvgIpc) is 2.60. The molecule has 0 bridgehead atoms. The summed E-state index contributed by atoms with van der Waals surface area (Å²) < 4.78 is 11.2. The summed E-state index contributed by atoms with van der Waals surface area (Å²) in [6, 6.07) is 11.9. The molecule has 0 aliphatic heterocycles. The first-order valence-electron chi connectivity index (χ1n) is 7.54. The average molecular weight is 407 g/mol. The number of hydrogen-bond acceptors (Lipinski definition) is 4. The van der Waals surface area contributed by atoms with Gasteiger partial charge in [0.15, 0.2) is 11.5 Å². The van der Waals surface area contributed by atoms with Gasteiger partial charge in [-0.3, -0.25) is 9.59 Å². The van der Waals surface area contributed by atoms with Crippen molar-refractivity contribution in [1.29, 1.82) is 0 Å². The minimum absolute atomic E-state index is 0.374. The van der Waals surface area contributed by atoms with Crippen LogP contribution >= 0.6 is 15.9 Å². The van der Waals surface area contributed by atoms with E-state index in [1.807, 2.05) is 6.07 Å². The van der Waals surface area contributed by atoms with Gasteiger partial charge in [0.05, 0.1) is 20.3 Å². The monoisotopic (exact) mass is 406 g/mol. The third-order valence-corrected chi connectivity index (χ3v) is 4.04. The van der Waals surface area contributed by atoms with Crippen LogP contribution in [0.5, 0.6) is 11.5 Å². The lowest BCUT2D eigenvalue weighted by Gasteiger charge is -2.16. The molecule has 2 N–H and O–H groups in total. The molecule has 1 atom stereocenters. The van der Waals surface area contributed by atoms with Crippen LogP contribution in [0.15, 0.2) is 46.9 Å². The van der Waals surface area contributed by atoms with E-state index in [0.717, 1.165) is 10.0 Å². The van der Waals surface area contributed by atoms with Gasteiger partial charge in [0, 0.05) is 10.2 Å². The summed E-state index contributed by atoms with van der Waals surface area (Å²) in [6.45, 7) is 1.78. The van der Waals surface area contributed by atoms with Crippen molar-refractivity contribution >= 4 is 33.4 Å². The standard InChI is InChI=1S/C18H19BrN2O4/c1-11(12-7-8-15(24-2)16(9-12)25-3)20-17(22)18(23)21-14-6-4-5-13(19)10-14/h4-11H,1-3H3,(H,20,22)(H,21,23). The fourth-order valence-electron chi connectivity index (χ4n) is 2.22. The minimum atomic E-state index is -0.731. The first-order valence-corrected chi connectivity index (χ1v) is 8.33. The summed E-state index contributed by atoms with van der Waals surface area (Å²) in [5, 5.41) is 5.22. The van der Waals surface area contributed by atoms with Gasteiger partial charge in [-0.15, -0.1) is 0 Å². The van der Waals surface area contributed by atoms with Gasteiger partial charge in [0.1, 0.15) is 0 Å². The van der Waals surface area contributed by atoms with Crippen LogP contribution in [-0.2, 0) is 9.59 Å². The normalized spacial score (nSPS) is 11.4. The number of carbonyl (C=O) groups is 2. The van der Waals surface area contributed by atoms with Crippen LogP contribution < -0.4 is 20.1 Å². The molecule has 0 aliphatic carbocycles. The van der Waals surface area contributed by atoms with Crippen LogP contribution in [0.1, 0.15) is 18.5 Å². The van der Waals surface area contributed by atoms with E-state index in [0.29, 0.717) is 17.2 Å². The lowest BCUT2D eigenvalue weighted by atomic mass is 10.1. The zero-order valence-electron chi connectivity index (χ0n) is 14.1. The molecule has 0 radical (unpaired) electrons. The van der Waals surface area contributed by atoms with Crippen LogP contribution in [0.2, 0.25) is 0 Å². The summed E-state index contributed by atoms with van der Waals surface area (Å²) in [5.41, 5.74) is 1.33. The fraction of sp³-hybridized carbons (Fsp3) is 0.222. The zero-order valence-corrected chi connectivity index (χ0v) is 15.7. The van der Waals surface area contributed by atoms with E-state index in [4.69, 9.17) is 9.47 Å². The maximum atomic E-state index is 12.1.